The van der Waals surface area contributed by atoms with Crippen LogP contribution in [-0.2, 0) is 14.8 Å². The van der Waals surface area contributed by atoms with E-state index in [2.05, 4.69) is 15.8 Å². The summed E-state index contributed by atoms with van der Waals surface area (Å²) in [5.74, 6) is -1.41. The molecule has 2 aromatic heterocycles. The Labute approximate surface area is 161 Å². The zero-order valence-corrected chi connectivity index (χ0v) is 16.3. The van der Waals surface area contributed by atoms with Gasteiger partial charge in [-0.25, -0.2) is 8.42 Å². The molecule has 0 aromatic carbocycles. The first-order chi connectivity index (χ1) is 12.9. The van der Waals surface area contributed by atoms with Gasteiger partial charge in [-0.2, -0.15) is 4.31 Å². The second-order valence-corrected chi connectivity index (χ2v) is 9.71. The van der Waals surface area contributed by atoms with E-state index in [1.807, 2.05) is 6.92 Å². The first-order valence-electron chi connectivity index (χ1n) is 8.45. The summed E-state index contributed by atoms with van der Waals surface area (Å²) < 4.78 is 27.1. The molecule has 2 aromatic rings. The Hall–Kier alpha value is -2.30. The van der Waals surface area contributed by atoms with Crippen LogP contribution in [0.3, 0.4) is 0 Å². The van der Waals surface area contributed by atoms with E-state index in [-0.39, 0.29) is 10.8 Å². The SMILES string of the molecule is Cc1ccc(S(=O)(=O)N2CCCC(C(=O)NNC(=O)c3cccnc3)C2)s1. The number of hydrazine groups is 1. The highest BCUT2D eigenvalue weighted by Gasteiger charge is 2.34. The maximum Gasteiger partial charge on any atom is 0.271 e. The molecule has 10 heteroatoms. The van der Waals surface area contributed by atoms with Gasteiger partial charge in [0.25, 0.3) is 15.9 Å². The van der Waals surface area contributed by atoms with Crippen molar-refractivity contribution in [2.45, 2.75) is 24.0 Å². The molecule has 3 rings (SSSR count). The van der Waals surface area contributed by atoms with Crippen LogP contribution in [0.2, 0.25) is 0 Å². The summed E-state index contributed by atoms with van der Waals surface area (Å²) in [5, 5.41) is 0. The van der Waals surface area contributed by atoms with Crippen molar-refractivity contribution in [1.82, 2.24) is 20.1 Å². The van der Waals surface area contributed by atoms with Gasteiger partial charge in [-0.15, -0.1) is 11.3 Å². The van der Waals surface area contributed by atoms with Gasteiger partial charge in [0, 0.05) is 30.4 Å². The lowest BCUT2D eigenvalue weighted by Crippen LogP contribution is -2.49. The van der Waals surface area contributed by atoms with E-state index >= 15 is 0 Å². The van der Waals surface area contributed by atoms with Crippen LogP contribution in [-0.4, -0.2) is 42.6 Å². The summed E-state index contributed by atoms with van der Waals surface area (Å²) in [6.07, 6.45) is 4.07. The Morgan fingerprint density at radius 1 is 1.26 bits per heavy atom. The smallest absolute Gasteiger partial charge is 0.271 e. The van der Waals surface area contributed by atoms with Gasteiger partial charge >= 0.3 is 0 Å². The molecule has 0 aliphatic carbocycles. The number of rotatable bonds is 4. The van der Waals surface area contributed by atoms with Gasteiger partial charge in [-0.3, -0.25) is 25.4 Å². The highest BCUT2D eigenvalue weighted by molar-refractivity contribution is 7.91. The van der Waals surface area contributed by atoms with Crippen molar-refractivity contribution in [2.24, 2.45) is 5.92 Å². The standard InChI is InChI=1S/C17H20N4O4S2/c1-12-6-7-15(26-12)27(24,25)21-9-3-5-14(11-21)17(23)20-19-16(22)13-4-2-8-18-10-13/h2,4,6-8,10,14H,3,5,9,11H2,1H3,(H,19,22)(H,20,23). The van der Waals surface area contributed by atoms with Crippen LogP contribution in [0.15, 0.2) is 40.9 Å². The minimum Gasteiger partial charge on any atom is -0.273 e. The molecule has 8 nitrogen and oxygen atoms in total. The average molecular weight is 409 g/mol. The number of nitrogens with one attached hydrogen (secondary N) is 2. The molecule has 0 bridgehead atoms. The quantitative estimate of drug-likeness (QED) is 0.742. The minimum absolute atomic E-state index is 0.0911. The summed E-state index contributed by atoms with van der Waals surface area (Å²) in [5.41, 5.74) is 5.04. The number of aromatic nitrogens is 1. The molecular weight excluding hydrogens is 388 g/mol. The summed E-state index contributed by atoms with van der Waals surface area (Å²) in [4.78, 5) is 29.1. The van der Waals surface area contributed by atoms with E-state index in [0.29, 0.717) is 24.9 Å². The summed E-state index contributed by atoms with van der Waals surface area (Å²) in [6, 6.07) is 6.55. The molecule has 0 saturated carbocycles. The van der Waals surface area contributed by atoms with Gasteiger partial charge in [0.1, 0.15) is 4.21 Å². The van der Waals surface area contributed by atoms with Gasteiger partial charge < -0.3 is 0 Å². The Balaban J connectivity index is 1.60. The van der Waals surface area contributed by atoms with Crippen molar-refractivity contribution >= 4 is 33.2 Å². The molecule has 27 heavy (non-hydrogen) atoms. The number of aryl methyl sites for hydroxylation is 1. The number of nitrogens with zero attached hydrogens (tertiary/aromatic N) is 2. The largest absolute Gasteiger partial charge is 0.273 e. The fourth-order valence-corrected chi connectivity index (χ4v) is 5.80. The Morgan fingerprint density at radius 3 is 2.74 bits per heavy atom. The van der Waals surface area contributed by atoms with Crippen LogP contribution in [0.4, 0.5) is 0 Å². The lowest BCUT2D eigenvalue weighted by Gasteiger charge is -2.30. The number of carbonyl (C=O) groups excluding carboxylic acids is 2. The van der Waals surface area contributed by atoms with Crippen molar-refractivity contribution in [2.75, 3.05) is 13.1 Å². The van der Waals surface area contributed by atoms with Gasteiger partial charge in [-0.05, 0) is 44.0 Å². The van der Waals surface area contributed by atoms with E-state index in [0.717, 1.165) is 4.88 Å². The van der Waals surface area contributed by atoms with Crippen molar-refractivity contribution in [3.8, 4) is 0 Å². The summed E-state index contributed by atoms with van der Waals surface area (Å²) in [6.45, 7) is 2.32. The molecule has 1 unspecified atom stereocenters. The minimum atomic E-state index is -3.61. The van der Waals surface area contributed by atoms with Gasteiger partial charge in [-0.1, -0.05) is 0 Å². The van der Waals surface area contributed by atoms with Crippen molar-refractivity contribution in [3.63, 3.8) is 0 Å². The van der Waals surface area contributed by atoms with E-state index in [1.165, 1.54) is 21.8 Å². The normalized spacial score (nSPS) is 18.0. The third kappa shape index (κ3) is 4.52. The predicted octanol–water partition coefficient (Wildman–Crippen LogP) is 1.31. The zero-order chi connectivity index (χ0) is 19.4. The Kier molecular flexibility index (Phi) is 5.88. The molecule has 2 amide bonds. The van der Waals surface area contributed by atoms with Gasteiger partial charge in [0.2, 0.25) is 5.91 Å². The number of piperidine rings is 1. The van der Waals surface area contributed by atoms with Crippen LogP contribution < -0.4 is 10.9 Å². The number of carbonyl (C=O) groups is 2. The number of thiophene rings is 1. The highest BCUT2D eigenvalue weighted by Crippen LogP contribution is 2.28. The molecule has 2 N–H and O–H groups in total. The first kappa shape index (κ1) is 19.5. The maximum absolute atomic E-state index is 12.7. The first-order valence-corrected chi connectivity index (χ1v) is 10.7. The number of sulfonamides is 1. The Bertz CT molecular complexity index is 927. The van der Waals surface area contributed by atoms with Crippen LogP contribution in [0.1, 0.15) is 28.1 Å². The number of hydrogen-bond acceptors (Lipinski definition) is 6. The molecule has 1 aliphatic heterocycles. The highest BCUT2D eigenvalue weighted by atomic mass is 32.2. The molecule has 1 saturated heterocycles. The summed E-state index contributed by atoms with van der Waals surface area (Å²) >= 11 is 1.22. The van der Waals surface area contributed by atoms with Crippen molar-refractivity contribution in [3.05, 3.63) is 47.1 Å². The molecule has 0 radical (unpaired) electrons. The van der Waals surface area contributed by atoms with E-state index in [9.17, 15) is 18.0 Å². The third-order valence-electron chi connectivity index (χ3n) is 4.29. The second kappa shape index (κ2) is 8.15. The van der Waals surface area contributed by atoms with E-state index in [1.54, 1.807) is 30.5 Å². The van der Waals surface area contributed by atoms with Crippen LogP contribution in [0, 0.1) is 12.8 Å². The molecule has 1 atom stereocenters. The molecular formula is C17H20N4O4S2. The molecule has 0 spiro atoms. The average Bonchev–Trinajstić information content (AvgIpc) is 3.14. The van der Waals surface area contributed by atoms with Gasteiger partial charge in [0.05, 0.1) is 11.5 Å². The zero-order valence-electron chi connectivity index (χ0n) is 14.7. The van der Waals surface area contributed by atoms with E-state index in [4.69, 9.17) is 0 Å². The van der Waals surface area contributed by atoms with E-state index < -0.39 is 27.8 Å². The summed E-state index contributed by atoms with van der Waals surface area (Å²) in [7, 11) is -3.61. The van der Waals surface area contributed by atoms with Crippen LogP contribution in [0.5, 0.6) is 0 Å². The lowest BCUT2D eigenvalue weighted by atomic mass is 9.99. The monoisotopic (exact) mass is 408 g/mol. The molecule has 1 fully saturated rings. The fraction of sp³-hybridized carbons (Fsp3) is 0.353. The molecule has 144 valence electrons. The number of amides is 2. The molecule has 3 heterocycles. The number of hydrogen-bond donors (Lipinski definition) is 2. The van der Waals surface area contributed by atoms with Crippen LogP contribution in [0.25, 0.3) is 0 Å². The van der Waals surface area contributed by atoms with Crippen molar-refractivity contribution < 1.29 is 18.0 Å². The van der Waals surface area contributed by atoms with Gasteiger partial charge in [0.15, 0.2) is 0 Å². The predicted molar refractivity (Wildman–Crippen MR) is 100 cm³/mol. The maximum atomic E-state index is 12.7. The topological polar surface area (TPSA) is 108 Å². The molecule has 1 aliphatic rings. The van der Waals surface area contributed by atoms with Crippen molar-refractivity contribution in [1.29, 1.82) is 0 Å². The number of pyridine rings is 1. The second-order valence-electron chi connectivity index (χ2n) is 6.25. The lowest BCUT2D eigenvalue weighted by molar-refractivity contribution is -0.126. The third-order valence-corrected chi connectivity index (χ3v) is 7.62. The van der Waals surface area contributed by atoms with Crippen LogP contribution >= 0.6 is 11.3 Å². The Morgan fingerprint density at radius 2 is 2.07 bits per heavy atom. The fourth-order valence-electron chi connectivity index (χ4n) is 2.84.